The van der Waals surface area contributed by atoms with Gasteiger partial charge in [0.05, 0.1) is 10.6 Å². The Balaban J connectivity index is 2.52. The molecule has 0 spiro atoms. The van der Waals surface area contributed by atoms with Crippen LogP contribution in [0.25, 0.3) is 0 Å². The lowest BCUT2D eigenvalue weighted by Crippen LogP contribution is -2.30. The summed E-state index contributed by atoms with van der Waals surface area (Å²) in [4.78, 5) is 0. The molecule has 0 amide bonds. The van der Waals surface area contributed by atoms with Gasteiger partial charge in [-0.1, -0.05) is 20.8 Å². The standard InChI is InChI=1S/C14H20BrF2NO/c1-14(2,3)6-9(19)7-18-8-10-12(16)5-4-11(15)13(10)17/h4-5,9,18-19H,6-8H2,1-3H3. The van der Waals surface area contributed by atoms with E-state index in [4.69, 9.17) is 0 Å². The molecular formula is C14H20BrF2NO. The third-order valence-corrected chi connectivity index (χ3v) is 3.28. The predicted octanol–water partition coefficient (Wildman–Crippen LogP) is 3.61. The van der Waals surface area contributed by atoms with Gasteiger partial charge >= 0.3 is 0 Å². The highest BCUT2D eigenvalue weighted by Gasteiger charge is 2.17. The second-order valence-electron chi connectivity index (χ2n) is 5.87. The predicted molar refractivity (Wildman–Crippen MR) is 75.8 cm³/mol. The molecule has 0 bridgehead atoms. The lowest BCUT2D eigenvalue weighted by Gasteiger charge is -2.22. The smallest absolute Gasteiger partial charge is 0.144 e. The zero-order valence-corrected chi connectivity index (χ0v) is 13.0. The minimum absolute atomic E-state index is 0.0164. The van der Waals surface area contributed by atoms with Crippen molar-refractivity contribution in [3.05, 3.63) is 33.8 Å². The van der Waals surface area contributed by atoms with Gasteiger partial charge in [0, 0.05) is 18.7 Å². The minimum Gasteiger partial charge on any atom is -0.392 e. The molecule has 0 aliphatic carbocycles. The van der Waals surface area contributed by atoms with Crippen molar-refractivity contribution in [1.29, 1.82) is 0 Å². The second-order valence-corrected chi connectivity index (χ2v) is 6.73. The van der Waals surface area contributed by atoms with Crippen LogP contribution in [0.1, 0.15) is 32.8 Å². The van der Waals surface area contributed by atoms with Crippen molar-refractivity contribution in [3.8, 4) is 0 Å². The van der Waals surface area contributed by atoms with Gasteiger partial charge in [-0.05, 0) is 39.9 Å². The first kappa shape index (κ1) is 16.5. The average molecular weight is 336 g/mol. The number of benzene rings is 1. The summed E-state index contributed by atoms with van der Waals surface area (Å²) in [6.07, 6.45) is 0.0990. The first-order valence-electron chi connectivity index (χ1n) is 6.22. The van der Waals surface area contributed by atoms with Crippen LogP contribution in [0.3, 0.4) is 0 Å². The third kappa shape index (κ3) is 5.55. The fourth-order valence-electron chi connectivity index (χ4n) is 1.87. The quantitative estimate of drug-likeness (QED) is 0.805. The molecular weight excluding hydrogens is 316 g/mol. The second kappa shape index (κ2) is 6.77. The summed E-state index contributed by atoms with van der Waals surface area (Å²) in [6.45, 7) is 6.46. The summed E-state index contributed by atoms with van der Waals surface area (Å²) < 4.78 is 27.4. The molecule has 0 heterocycles. The Morgan fingerprint density at radius 1 is 1.32 bits per heavy atom. The van der Waals surface area contributed by atoms with Gasteiger partial charge in [0.1, 0.15) is 11.6 Å². The number of aliphatic hydroxyl groups excluding tert-OH is 1. The van der Waals surface area contributed by atoms with Crippen LogP contribution in [-0.4, -0.2) is 17.8 Å². The van der Waals surface area contributed by atoms with Crippen LogP contribution in [0.5, 0.6) is 0 Å². The molecule has 0 saturated heterocycles. The fraction of sp³-hybridized carbons (Fsp3) is 0.571. The van der Waals surface area contributed by atoms with Gasteiger partial charge in [-0.3, -0.25) is 0 Å². The maximum atomic E-state index is 13.7. The van der Waals surface area contributed by atoms with Crippen molar-refractivity contribution < 1.29 is 13.9 Å². The summed E-state index contributed by atoms with van der Waals surface area (Å²) in [7, 11) is 0. The Kier molecular flexibility index (Phi) is 5.89. The maximum Gasteiger partial charge on any atom is 0.144 e. The van der Waals surface area contributed by atoms with Crippen LogP contribution in [0.15, 0.2) is 16.6 Å². The number of hydrogen-bond acceptors (Lipinski definition) is 2. The van der Waals surface area contributed by atoms with Crippen LogP contribution in [-0.2, 0) is 6.54 Å². The summed E-state index contributed by atoms with van der Waals surface area (Å²) in [5.41, 5.74) is 0.00484. The highest BCUT2D eigenvalue weighted by Crippen LogP contribution is 2.22. The van der Waals surface area contributed by atoms with Gasteiger partial charge in [-0.25, -0.2) is 8.78 Å². The Bertz CT molecular complexity index is 432. The Morgan fingerprint density at radius 2 is 1.95 bits per heavy atom. The van der Waals surface area contributed by atoms with Crippen LogP contribution >= 0.6 is 15.9 Å². The number of hydrogen-bond donors (Lipinski definition) is 2. The van der Waals surface area contributed by atoms with Gasteiger partial charge < -0.3 is 10.4 Å². The van der Waals surface area contributed by atoms with Crippen LogP contribution in [0.2, 0.25) is 0 Å². The van der Waals surface area contributed by atoms with Gasteiger partial charge in [-0.15, -0.1) is 0 Å². The first-order chi connectivity index (χ1) is 8.70. The maximum absolute atomic E-state index is 13.7. The van der Waals surface area contributed by atoms with E-state index in [-0.39, 0.29) is 22.0 Å². The molecule has 1 unspecified atom stereocenters. The summed E-state index contributed by atoms with van der Waals surface area (Å²) in [5.74, 6) is -1.18. The van der Waals surface area contributed by atoms with Crippen molar-refractivity contribution in [2.75, 3.05) is 6.54 Å². The summed E-state index contributed by atoms with van der Waals surface area (Å²) in [5, 5.41) is 12.7. The highest BCUT2D eigenvalue weighted by atomic mass is 79.9. The average Bonchev–Trinajstić information content (AvgIpc) is 2.26. The molecule has 0 radical (unpaired) electrons. The zero-order valence-electron chi connectivity index (χ0n) is 11.4. The molecule has 1 atom stereocenters. The van der Waals surface area contributed by atoms with E-state index < -0.39 is 17.7 Å². The van der Waals surface area contributed by atoms with Crippen molar-refractivity contribution in [3.63, 3.8) is 0 Å². The van der Waals surface area contributed by atoms with Gasteiger partial charge in [-0.2, -0.15) is 0 Å². The molecule has 0 aromatic heterocycles. The van der Waals surface area contributed by atoms with E-state index in [0.717, 1.165) is 0 Å². The monoisotopic (exact) mass is 335 g/mol. The molecule has 1 rings (SSSR count). The van der Waals surface area contributed by atoms with E-state index in [1.165, 1.54) is 12.1 Å². The van der Waals surface area contributed by atoms with Gasteiger partial charge in [0.25, 0.3) is 0 Å². The van der Waals surface area contributed by atoms with Crippen molar-refractivity contribution >= 4 is 15.9 Å². The zero-order chi connectivity index (χ0) is 14.6. The molecule has 1 aromatic rings. The van der Waals surface area contributed by atoms with E-state index >= 15 is 0 Å². The molecule has 2 N–H and O–H groups in total. The van der Waals surface area contributed by atoms with Crippen LogP contribution in [0.4, 0.5) is 8.78 Å². The number of nitrogens with one attached hydrogen (secondary N) is 1. The first-order valence-corrected chi connectivity index (χ1v) is 7.01. The summed E-state index contributed by atoms with van der Waals surface area (Å²) >= 11 is 3.02. The van der Waals surface area contributed by atoms with Crippen molar-refractivity contribution in [2.45, 2.75) is 39.8 Å². The number of aliphatic hydroxyl groups is 1. The topological polar surface area (TPSA) is 32.3 Å². The van der Waals surface area contributed by atoms with E-state index in [0.29, 0.717) is 13.0 Å². The molecule has 0 aliphatic rings. The minimum atomic E-state index is -0.599. The van der Waals surface area contributed by atoms with Crippen LogP contribution in [0, 0.1) is 17.0 Å². The third-order valence-electron chi connectivity index (χ3n) is 2.67. The molecule has 1 aromatic carbocycles. The van der Waals surface area contributed by atoms with E-state index in [1.54, 1.807) is 0 Å². The van der Waals surface area contributed by atoms with Gasteiger partial charge in [0.2, 0.25) is 0 Å². The summed E-state index contributed by atoms with van der Waals surface area (Å²) in [6, 6.07) is 2.55. The molecule has 2 nitrogen and oxygen atoms in total. The largest absolute Gasteiger partial charge is 0.392 e. The van der Waals surface area contributed by atoms with E-state index in [9.17, 15) is 13.9 Å². The van der Waals surface area contributed by atoms with Crippen molar-refractivity contribution in [1.82, 2.24) is 5.32 Å². The van der Waals surface area contributed by atoms with E-state index in [2.05, 4.69) is 21.2 Å². The number of halogens is 3. The molecule has 108 valence electrons. The number of rotatable bonds is 5. The molecule has 0 saturated carbocycles. The van der Waals surface area contributed by atoms with Crippen LogP contribution < -0.4 is 5.32 Å². The molecule has 0 fully saturated rings. The SMILES string of the molecule is CC(C)(C)CC(O)CNCc1c(F)ccc(Br)c1F. The van der Waals surface area contributed by atoms with Gasteiger partial charge in [0.15, 0.2) is 0 Å². The lowest BCUT2D eigenvalue weighted by molar-refractivity contribution is 0.119. The lowest BCUT2D eigenvalue weighted by atomic mass is 9.89. The molecule has 19 heavy (non-hydrogen) atoms. The Labute approximate surface area is 121 Å². The highest BCUT2D eigenvalue weighted by molar-refractivity contribution is 9.10. The Hall–Kier alpha value is -0.520. The van der Waals surface area contributed by atoms with E-state index in [1.807, 2.05) is 20.8 Å². The molecule has 0 aliphatic heterocycles. The molecule has 5 heteroatoms. The Morgan fingerprint density at radius 3 is 2.53 bits per heavy atom. The van der Waals surface area contributed by atoms with Crippen molar-refractivity contribution in [2.24, 2.45) is 5.41 Å². The normalized spacial score (nSPS) is 13.6. The fourth-order valence-corrected chi connectivity index (χ4v) is 2.25.